The molecule has 2 aliphatic carbocycles. The smallest absolute Gasteiger partial charge is 0.343 e. The first-order valence-electron chi connectivity index (χ1n) is 13.3. The average Bonchev–Trinajstić information content (AvgIpc) is 3.18. The number of benzene rings is 1. The third-order valence-corrected chi connectivity index (χ3v) is 7.73. The summed E-state index contributed by atoms with van der Waals surface area (Å²) in [5.74, 6) is 1.22. The zero-order chi connectivity index (χ0) is 25.2. The van der Waals surface area contributed by atoms with Crippen molar-refractivity contribution in [2.24, 2.45) is 17.8 Å². The first kappa shape index (κ1) is 27.5. The van der Waals surface area contributed by atoms with Crippen LogP contribution in [0.15, 0.2) is 18.2 Å². The fourth-order valence-corrected chi connectivity index (χ4v) is 5.86. The van der Waals surface area contributed by atoms with Gasteiger partial charge in [0.25, 0.3) is 0 Å². The van der Waals surface area contributed by atoms with Crippen LogP contribution >= 0.6 is 0 Å². The van der Waals surface area contributed by atoms with Crippen molar-refractivity contribution in [2.45, 2.75) is 83.3 Å². The van der Waals surface area contributed by atoms with Crippen LogP contribution in [0.1, 0.15) is 69.4 Å². The van der Waals surface area contributed by atoms with Gasteiger partial charge in [0, 0.05) is 6.54 Å². The number of fused-ring (bicyclic) bond motifs is 2. The molecule has 196 valence electrons. The zero-order valence-electron chi connectivity index (χ0n) is 21.6. The van der Waals surface area contributed by atoms with E-state index in [1.165, 1.54) is 12.7 Å². The Labute approximate surface area is 209 Å². The molecular formula is C28H43NO6. The number of nitrogens with one attached hydrogen (secondary N) is 1. The first-order chi connectivity index (χ1) is 17.0. The fourth-order valence-electron chi connectivity index (χ4n) is 5.86. The Balaban J connectivity index is 1.71. The molecule has 5 atom stereocenters. The monoisotopic (exact) mass is 489 g/mol. The minimum absolute atomic E-state index is 0.106. The molecule has 1 aromatic carbocycles. The predicted octanol–water partition coefficient (Wildman–Crippen LogP) is 3.83. The number of hydrogen-bond donors (Lipinski definition) is 2. The highest BCUT2D eigenvalue weighted by Gasteiger charge is 2.47. The van der Waals surface area contributed by atoms with Crippen LogP contribution in [0, 0.1) is 17.8 Å². The number of aliphatic hydroxyl groups is 1. The third-order valence-electron chi connectivity index (χ3n) is 7.73. The second kappa shape index (κ2) is 13.8. The summed E-state index contributed by atoms with van der Waals surface area (Å²) >= 11 is 0. The lowest BCUT2D eigenvalue weighted by atomic mass is 9.73. The molecule has 0 aliphatic heterocycles. The van der Waals surface area contributed by atoms with Crippen molar-refractivity contribution >= 4 is 11.9 Å². The molecule has 0 saturated heterocycles. The molecule has 35 heavy (non-hydrogen) atoms. The highest BCUT2D eigenvalue weighted by atomic mass is 16.6. The van der Waals surface area contributed by atoms with Crippen LogP contribution in [-0.2, 0) is 31.9 Å². The van der Waals surface area contributed by atoms with Gasteiger partial charge in [-0.3, -0.25) is 4.79 Å². The lowest BCUT2D eigenvalue weighted by molar-refractivity contribution is -0.151. The van der Waals surface area contributed by atoms with E-state index in [1.54, 1.807) is 0 Å². The van der Waals surface area contributed by atoms with Gasteiger partial charge in [-0.1, -0.05) is 38.3 Å². The van der Waals surface area contributed by atoms with Crippen LogP contribution in [0.5, 0.6) is 5.75 Å². The molecule has 1 aromatic rings. The van der Waals surface area contributed by atoms with Crippen molar-refractivity contribution in [1.29, 1.82) is 0 Å². The molecule has 0 bridgehead atoms. The van der Waals surface area contributed by atoms with Crippen LogP contribution < -0.4 is 10.1 Å². The van der Waals surface area contributed by atoms with Crippen molar-refractivity contribution in [3.05, 3.63) is 29.3 Å². The summed E-state index contributed by atoms with van der Waals surface area (Å²) in [6, 6.07) is 6.03. The number of ether oxygens (including phenoxy) is 3. The second-order valence-electron chi connectivity index (χ2n) is 10.1. The first-order valence-corrected chi connectivity index (χ1v) is 13.3. The standard InChI is InChI=1S/C28H43NO6/c1-4-5-6-9-21(30)11-12-22-23-15-19-8-7-10-25(34-18-28(32)33-3)24(19)16-20(23)17-26(22)35-27(31)13-14-29-2/h7-8,10,20-23,26,29-30H,4-6,9,11-18H2,1-3H3/t20-,21-,22+,23-,26+/m0/s1. The number of carbonyl (C=O) groups excluding carboxylic acids is 2. The van der Waals surface area contributed by atoms with Gasteiger partial charge < -0.3 is 24.6 Å². The molecule has 0 spiro atoms. The van der Waals surface area contributed by atoms with Gasteiger partial charge in [-0.15, -0.1) is 0 Å². The Morgan fingerprint density at radius 3 is 2.74 bits per heavy atom. The fraction of sp³-hybridized carbons (Fsp3) is 0.714. The van der Waals surface area contributed by atoms with Crippen LogP contribution in [0.4, 0.5) is 0 Å². The van der Waals surface area contributed by atoms with Crippen LogP contribution in [-0.4, -0.2) is 56.6 Å². The third kappa shape index (κ3) is 7.68. The number of methoxy groups -OCH3 is 1. The maximum Gasteiger partial charge on any atom is 0.343 e. The Hall–Kier alpha value is -2.12. The maximum atomic E-state index is 12.5. The van der Waals surface area contributed by atoms with Gasteiger partial charge in [0.1, 0.15) is 11.9 Å². The van der Waals surface area contributed by atoms with Gasteiger partial charge in [-0.25, -0.2) is 4.79 Å². The summed E-state index contributed by atoms with van der Waals surface area (Å²) in [5.41, 5.74) is 2.39. The molecule has 7 nitrogen and oxygen atoms in total. The number of unbranched alkanes of at least 4 members (excludes halogenated alkanes) is 2. The highest BCUT2D eigenvalue weighted by Crippen LogP contribution is 2.49. The van der Waals surface area contributed by atoms with Crippen molar-refractivity contribution in [2.75, 3.05) is 27.3 Å². The molecule has 0 amide bonds. The number of rotatable bonds is 14. The van der Waals surface area contributed by atoms with E-state index >= 15 is 0 Å². The highest BCUT2D eigenvalue weighted by molar-refractivity contribution is 5.71. The van der Waals surface area contributed by atoms with E-state index in [0.29, 0.717) is 24.8 Å². The lowest BCUT2D eigenvalue weighted by Crippen LogP contribution is -2.30. The van der Waals surface area contributed by atoms with E-state index in [2.05, 4.69) is 18.3 Å². The van der Waals surface area contributed by atoms with Crippen LogP contribution in [0.25, 0.3) is 0 Å². The molecule has 2 aliphatic rings. The van der Waals surface area contributed by atoms with Crippen LogP contribution in [0.2, 0.25) is 0 Å². The molecule has 0 radical (unpaired) electrons. The minimum atomic E-state index is -0.400. The van der Waals surface area contributed by atoms with Crippen molar-refractivity contribution < 1.29 is 28.9 Å². The number of aliphatic hydroxyl groups excluding tert-OH is 1. The number of hydrogen-bond acceptors (Lipinski definition) is 7. The zero-order valence-corrected chi connectivity index (χ0v) is 21.6. The van der Waals surface area contributed by atoms with Gasteiger partial charge in [-0.05, 0) is 80.5 Å². The normalized spacial score (nSPS) is 23.8. The molecule has 2 N–H and O–H groups in total. The molecule has 0 aromatic heterocycles. The molecule has 1 fully saturated rings. The predicted molar refractivity (Wildman–Crippen MR) is 134 cm³/mol. The Kier molecular flexibility index (Phi) is 10.9. The quantitative estimate of drug-likeness (QED) is 0.303. The average molecular weight is 490 g/mol. The van der Waals surface area contributed by atoms with Crippen molar-refractivity contribution in [3.63, 3.8) is 0 Å². The van der Waals surface area contributed by atoms with Gasteiger partial charge >= 0.3 is 11.9 Å². The maximum absolute atomic E-state index is 12.5. The number of esters is 2. The summed E-state index contributed by atoms with van der Waals surface area (Å²) < 4.78 is 16.5. The largest absolute Gasteiger partial charge is 0.482 e. The number of carbonyl (C=O) groups is 2. The van der Waals surface area contributed by atoms with Crippen molar-refractivity contribution in [1.82, 2.24) is 5.32 Å². The summed E-state index contributed by atoms with van der Waals surface area (Å²) in [4.78, 5) is 24.1. The molecular weight excluding hydrogens is 446 g/mol. The van der Waals surface area contributed by atoms with E-state index in [-0.39, 0.29) is 30.7 Å². The van der Waals surface area contributed by atoms with E-state index in [9.17, 15) is 14.7 Å². The summed E-state index contributed by atoms with van der Waals surface area (Å²) in [7, 11) is 3.19. The Bertz CT molecular complexity index is 828. The topological polar surface area (TPSA) is 94.1 Å². The molecule has 0 heterocycles. The Morgan fingerprint density at radius 1 is 1.17 bits per heavy atom. The SMILES string of the molecule is CCCCC[C@H](O)CC[C@@H]1[C@H]2Cc3cccc(OCC(=O)OC)c3C[C@H]2C[C@H]1OC(=O)CCNC. The molecule has 3 rings (SSSR count). The summed E-state index contributed by atoms with van der Waals surface area (Å²) in [6.45, 7) is 2.67. The van der Waals surface area contributed by atoms with E-state index in [4.69, 9.17) is 14.2 Å². The Morgan fingerprint density at radius 2 is 2.00 bits per heavy atom. The van der Waals surface area contributed by atoms with Crippen LogP contribution in [0.3, 0.4) is 0 Å². The van der Waals surface area contributed by atoms with Crippen molar-refractivity contribution in [3.8, 4) is 5.75 Å². The van der Waals surface area contributed by atoms with E-state index in [1.807, 2.05) is 19.2 Å². The second-order valence-corrected chi connectivity index (χ2v) is 10.1. The summed E-state index contributed by atoms with van der Waals surface area (Å²) in [5, 5.41) is 13.6. The van der Waals surface area contributed by atoms with Gasteiger partial charge in [0.15, 0.2) is 6.61 Å². The summed E-state index contributed by atoms with van der Waals surface area (Å²) in [6.07, 6.45) is 8.32. The van der Waals surface area contributed by atoms with E-state index in [0.717, 1.165) is 69.1 Å². The van der Waals surface area contributed by atoms with Gasteiger partial charge in [0.05, 0.1) is 19.6 Å². The molecule has 0 unspecified atom stereocenters. The van der Waals surface area contributed by atoms with Gasteiger partial charge in [-0.2, -0.15) is 0 Å². The molecule has 1 saturated carbocycles. The molecule has 7 heteroatoms. The minimum Gasteiger partial charge on any atom is -0.482 e. The van der Waals surface area contributed by atoms with Gasteiger partial charge in [0.2, 0.25) is 0 Å². The lowest BCUT2D eigenvalue weighted by Gasteiger charge is -2.32. The van der Waals surface area contributed by atoms with E-state index < -0.39 is 5.97 Å².